The summed E-state index contributed by atoms with van der Waals surface area (Å²) < 4.78 is 0. The van der Waals surface area contributed by atoms with E-state index in [9.17, 15) is 0 Å². The molecule has 1 rings (SSSR count). The first-order chi connectivity index (χ1) is 7.04. The molecule has 0 fully saturated rings. The molecule has 0 heterocycles. The lowest BCUT2D eigenvalue weighted by atomic mass is 9.97. The van der Waals surface area contributed by atoms with Crippen molar-refractivity contribution < 1.29 is 0 Å². The Morgan fingerprint density at radius 2 is 2.13 bits per heavy atom. The van der Waals surface area contributed by atoms with E-state index in [4.69, 9.17) is 11.1 Å². The highest BCUT2D eigenvalue weighted by Gasteiger charge is 2.04. The maximum absolute atomic E-state index is 7.65. The van der Waals surface area contributed by atoms with Gasteiger partial charge in [0, 0.05) is 17.8 Å². The van der Waals surface area contributed by atoms with Crippen LogP contribution in [0.2, 0.25) is 0 Å². The predicted octanol–water partition coefficient (Wildman–Crippen LogP) is 2.65. The van der Waals surface area contributed by atoms with E-state index in [1.54, 1.807) is 0 Å². The summed E-state index contributed by atoms with van der Waals surface area (Å²) in [6.45, 7) is 7.61. The minimum atomic E-state index is 0.616. The Labute approximate surface area is 91.3 Å². The minimum absolute atomic E-state index is 0.616. The van der Waals surface area contributed by atoms with Gasteiger partial charge in [0.15, 0.2) is 0 Å². The molecule has 0 aromatic heterocycles. The maximum atomic E-state index is 7.65. The van der Waals surface area contributed by atoms with E-state index in [1.807, 2.05) is 19.1 Å². The summed E-state index contributed by atoms with van der Waals surface area (Å²) in [6, 6.07) is 6.13. The lowest BCUT2D eigenvalue weighted by Gasteiger charge is -2.09. The van der Waals surface area contributed by atoms with Gasteiger partial charge in [-0.15, -0.1) is 0 Å². The van der Waals surface area contributed by atoms with Crippen LogP contribution in [0.3, 0.4) is 0 Å². The topological polar surface area (TPSA) is 49.9 Å². The van der Waals surface area contributed by atoms with Crippen LogP contribution >= 0.6 is 0 Å². The first-order valence-corrected chi connectivity index (χ1v) is 5.15. The van der Waals surface area contributed by atoms with Crippen molar-refractivity contribution in [2.24, 2.45) is 5.73 Å². The fourth-order valence-corrected chi connectivity index (χ4v) is 1.68. The monoisotopic (exact) mass is 202 g/mol. The van der Waals surface area contributed by atoms with E-state index in [0.717, 1.165) is 12.0 Å². The van der Waals surface area contributed by atoms with Crippen molar-refractivity contribution in [1.82, 2.24) is 0 Å². The summed E-state index contributed by atoms with van der Waals surface area (Å²) in [4.78, 5) is 0. The van der Waals surface area contributed by atoms with Crippen molar-refractivity contribution >= 4 is 5.71 Å². The van der Waals surface area contributed by atoms with Crippen LogP contribution in [0.15, 0.2) is 30.5 Å². The molecule has 0 aliphatic rings. The molecular formula is C13H18N2. The maximum Gasteiger partial charge on any atom is 0.0357 e. The van der Waals surface area contributed by atoms with Crippen LogP contribution in [0.25, 0.3) is 0 Å². The van der Waals surface area contributed by atoms with Gasteiger partial charge in [-0.25, -0.2) is 0 Å². The van der Waals surface area contributed by atoms with Gasteiger partial charge in [0.05, 0.1) is 0 Å². The highest BCUT2D eigenvalue weighted by molar-refractivity contribution is 5.97. The predicted molar refractivity (Wildman–Crippen MR) is 65.4 cm³/mol. The molecule has 2 nitrogen and oxygen atoms in total. The average Bonchev–Trinajstić information content (AvgIpc) is 2.16. The van der Waals surface area contributed by atoms with Crippen LogP contribution in [-0.4, -0.2) is 5.71 Å². The van der Waals surface area contributed by atoms with E-state index in [0.29, 0.717) is 17.8 Å². The van der Waals surface area contributed by atoms with Crippen molar-refractivity contribution in [3.05, 3.63) is 47.2 Å². The largest absolute Gasteiger partial charge is 0.402 e. The van der Waals surface area contributed by atoms with Crippen molar-refractivity contribution in [3.63, 3.8) is 0 Å². The molecule has 0 bridgehead atoms. The fraction of sp³-hybridized carbons (Fsp3) is 0.308. The number of benzene rings is 1. The molecule has 0 radical (unpaired) electrons. The molecule has 0 saturated heterocycles. The molecule has 0 amide bonds. The SMILES string of the molecule is C=C(N)Cc1ccc(C(C)=N)c(CC)c1. The molecule has 15 heavy (non-hydrogen) atoms. The second-order valence-corrected chi connectivity index (χ2v) is 3.81. The first-order valence-electron chi connectivity index (χ1n) is 5.15. The Morgan fingerprint density at radius 1 is 1.47 bits per heavy atom. The lowest BCUT2D eigenvalue weighted by molar-refractivity contribution is 1.08. The quantitative estimate of drug-likeness (QED) is 0.724. The Balaban J connectivity index is 3.07. The van der Waals surface area contributed by atoms with Gasteiger partial charge < -0.3 is 11.1 Å². The highest BCUT2D eigenvalue weighted by atomic mass is 14.6. The van der Waals surface area contributed by atoms with Crippen molar-refractivity contribution in [1.29, 1.82) is 5.41 Å². The third-order valence-electron chi connectivity index (χ3n) is 2.39. The normalized spacial score (nSPS) is 10.0. The van der Waals surface area contributed by atoms with Gasteiger partial charge >= 0.3 is 0 Å². The van der Waals surface area contributed by atoms with Gasteiger partial charge in [-0.1, -0.05) is 31.7 Å². The zero-order valence-corrected chi connectivity index (χ0v) is 9.43. The average molecular weight is 202 g/mol. The zero-order chi connectivity index (χ0) is 11.4. The number of hydrogen-bond donors (Lipinski definition) is 2. The molecule has 0 atom stereocenters. The van der Waals surface area contributed by atoms with Gasteiger partial charge in [0.1, 0.15) is 0 Å². The molecule has 0 spiro atoms. The van der Waals surface area contributed by atoms with Gasteiger partial charge in [0.25, 0.3) is 0 Å². The van der Waals surface area contributed by atoms with E-state index in [-0.39, 0.29) is 0 Å². The Hall–Kier alpha value is -1.57. The molecule has 0 aliphatic heterocycles. The van der Waals surface area contributed by atoms with Crippen LogP contribution in [0, 0.1) is 5.41 Å². The van der Waals surface area contributed by atoms with Crippen LogP contribution < -0.4 is 5.73 Å². The molecular weight excluding hydrogens is 184 g/mol. The number of hydrogen-bond acceptors (Lipinski definition) is 2. The van der Waals surface area contributed by atoms with E-state index in [1.165, 1.54) is 11.1 Å². The van der Waals surface area contributed by atoms with Gasteiger partial charge in [-0.3, -0.25) is 0 Å². The van der Waals surface area contributed by atoms with Crippen molar-refractivity contribution in [3.8, 4) is 0 Å². The highest BCUT2D eigenvalue weighted by Crippen LogP contribution is 2.15. The lowest BCUT2D eigenvalue weighted by Crippen LogP contribution is -2.03. The van der Waals surface area contributed by atoms with Gasteiger partial charge in [-0.05, 0) is 30.0 Å². The van der Waals surface area contributed by atoms with Crippen LogP contribution in [-0.2, 0) is 12.8 Å². The Morgan fingerprint density at radius 3 is 2.60 bits per heavy atom. The molecule has 1 aromatic carbocycles. The minimum Gasteiger partial charge on any atom is -0.402 e. The van der Waals surface area contributed by atoms with Gasteiger partial charge in [0.2, 0.25) is 0 Å². The molecule has 1 aromatic rings. The third-order valence-corrected chi connectivity index (χ3v) is 2.39. The number of allylic oxidation sites excluding steroid dienone is 1. The zero-order valence-electron chi connectivity index (χ0n) is 9.43. The smallest absolute Gasteiger partial charge is 0.0357 e. The van der Waals surface area contributed by atoms with Crippen LogP contribution in [0.1, 0.15) is 30.5 Å². The molecule has 0 saturated carbocycles. The third kappa shape index (κ3) is 2.94. The summed E-state index contributed by atoms with van der Waals surface area (Å²) in [5.41, 5.74) is 10.3. The number of nitrogens with one attached hydrogen (secondary N) is 1. The van der Waals surface area contributed by atoms with E-state index in [2.05, 4.69) is 19.6 Å². The Bertz CT molecular complexity index is 392. The first kappa shape index (κ1) is 11.5. The van der Waals surface area contributed by atoms with Crippen LogP contribution in [0.5, 0.6) is 0 Å². The molecule has 3 N–H and O–H groups in total. The fourth-order valence-electron chi connectivity index (χ4n) is 1.68. The summed E-state index contributed by atoms with van der Waals surface area (Å²) in [6.07, 6.45) is 1.65. The Kier molecular flexibility index (Phi) is 3.67. The standard InChI is InChI=1S/C13H18N2/c1-4-12-8-11(7-9(2)14)5-6-13(12)10(3)15/h5-6,8,15H,2,4,7,14H2,1,3H3. The second kappa shape index (κ2) is 4.78. The number of nitrogens with two attached hydrogens (primary N) is 1. The summed E-state index contributed by atoms with van der Waals surface area (Å²) in [7, 11) is 0. The van der Waals surface area contributed by atoms with Crippen LogP contribution in [0.4, 0.5) is 0 Å². The number of rotatable bonds is 4. The molecule has 0 unspecified atom stereocenters. The van der Waals surface area contributed by atoms with Gasteiger partial charge in [-0.2, -0.15) is 0 Å². The van der Waals surface area contributed by atoms with E-state index < -0.39 is 0 Å². The molecule has 2 heteroatoms. The van der Waals surface area contributed by atoms with Crippen molar-refractivity contribution in [2.75, 3.05) is 0 Å². The molecule has 0 aliphatic carbocycles. The summed E-state index contributed by atoms with van der Waals surface area (Å²) in [5.74, 6) is 0. The molecule has 80 valence electrons. The number of aryl methyl sites for hydroxylation is 1. The van der Waals surface area contributed by atoms with Crippen molar-refractivity contribution in [2.45, 2.75) is 26.7 Å². The summed E-state index contributed by atoms with van der Waals surface area (Å²) >= 11 is 0. The van der Waals surface area contributed by atoms with E-state index >= 15 is 0 Å². The summed E-state index contributed by atoms with van der Waals surface area (Å²) in [5, 5.41) is 7.65. The second-order valence-electron chi connectivity index (χ2n) is 3.81.